The molecule has 0 saturated carbocycles. The number of hydrogen-bond donors (Lipinski definition) is 1. The molecule has 1 aromatic carbocycles. The van der Waals surface area contributed by atoms with Gasteiger partial charge in [-0.1, -0.05) is 0 Å². The lowest BCUT2D eigenvalue weighted by molar-refractivity contribution is -0.135. The van der Waals surface area contributed by atoms with Gasteiger partial charge in [-0.3, -0.25) is 9.59 Å². The molecule has 0 atom stereocenters. The molecule has 10 nitrogen and oxygen atoms in total. The highest BCUT2D eigenvalue weighted by Gasteiger charge is 2.27. The molecule has 188 valence electrons. The molecule has 1 aromatic heterocycles. The van der Waals surface area contributed by atoms with Crippen molar-refractivity contribution in [3.05, 3.63) is 24.0 Å². The summed E-state index contributed by atoms with van der Waals surface area (Å²) in [5.74, 6) is 0.760. The molecule has 3 rings (SSSR count). The Labute approximate surface area is 201 Å². The van der Waals surface area contributed by atoms with Crippen LogP contribution in [0.2, 0.25) is 0 Å². The first-order valence-corrected chi connectivity index (χ1v) is 13.1. The zero-order valence-electron chi connectivity index (χ0n) is 20.4. The highest BCUT2D eigenvalue weighted by molar-refractivity contribution is 7.89. The van der Waals surface area contributed by atoms with Crippen LogP contribution in [0.1, 0.15) is 32.0 Å². The number of carbonyl (C=O) groups is 2. The number of aryl methyl sites for hydroxylation is 2. The van der Waals surface area contributed by atoms with E-state index in [-0.39, 0.29) is 22.6 Å². The summed E-state index contributed by atoms with van der Waals surface area (Å²) in [4.78, 5) is 31.7. The van der Waals surface area contributed by atoms with Crippen molar-refractivity contribution in [2.75, 3.05) is 47.4 Å². The minimum atomic E-state index is -3.55. The maximum Gasteiger partial charge on any atom is 0.242 e. The number of piperidine rings is 1. The smallest absolute Gasteiger partial charge is 0.242 e. The maximum absolute atomic E-state index is 12.8. The standard InChI is InChI=1S/C23H35N5O5S/c1-5-28-20-7-6-18(34(31,32)26(2)3)16-19(20)25-21(28)8-9-22(29)27-13-10-17(11-14-27)23(30)24-12-15-33-4/h6-7,16-17H,5,8-15H2,1-4H3,(H,24,30). The molecule has 0 bridgehead atoms. The normalized spacial score (nSPS) is 15.3. The molecule has 34 heavy (non-hydrogen) atoms. The van der Waals surface area contributed by atoms with Crippen LogP contribution in [-0.2, 0) is 37.3 Å². The predicted octanol–water partition coefficient (Wildman–Crippen LogP) is 1.24. The van der Waals surface area contributed by atoms with Crippen LogP contribution >= 0.6 is 0 Å². The summed E-state index contributed by atoms with van der Waals surface area (Å²) in [6, 6.07) is 4.95. The van der Waals surface area contributed by atoms with E-state index >= 15 is 0 Å². The van der Waals surface area contributed by atoms with Gasteiger partial charge in [-0.25, -0.2) is 17.7 Å². The van der Waals surface area contributed by atoms with Crippen molar-refractivity contribution in [3.8, 4) is 0 Å². The quantitative estimate of drug-likeness (QED) is 0.498. The molecule has 11 heteroatoms. The second kappa shape index (κ2) is 11.3. The van der Waals surface area contributed by atoms with E-state index < -0.39 is 10.0 Å². The van der Waals surface area contributed by atoms with E-state index in [0.717, 1.165) is 11.3 Å². The molecule has 0 spiro atoms. The summed E-state index contributed by atoms with van der Waals surface area (Å²) >= 11 is 0. The average molecular weight is 494 g/mol. The summed E-state index contributed by atoms with van der Waals surface area (Å²) in [6.45, 7) is 4.78. The number of rotatable bonds is 10. The van der Waals surface area contributed by atoms with Crippen molar-refractivity contribution < 1.29 is 22.7 Å². The third-order valence-corrected chi connectivity index (χ3v) is 8.09. The van der Waals surface area contributed by atoms with Gasteiger partial charge in [-0.15, -0.1) is 0 Å². The molecule has 2 aromatic rings. The van der Waals surface area contributed by atoms with Crippen LogP contribution in [0.5, 0.6) is 0 Å². The van der Waals surface area contributed by atoms with Crippen LogP contribution in [-0.4, -0.2) is 86.4 Å². The topological polar surface area (TPSA) is 114 Å². The Balaban J connectivity index is 1.62. The minimum Gasteiger partial charge on any atom is -0.383 e. The molecule has 1 aliphatic rings. The van der Waals surface area contributed by atoms with Crippen LogP contribution in [0, 0.1) is 5.92 Å². The van der Waals surface area contributed by atoms with Gasteiger partial charge < -0.3 is 19.5 Å². The fourth-order valence-corrected chi connectivity index (χ4v) is 5.19. The molecule has 0 radical (unpaired) electrons. The number of imidazole rings is 1. The summed E-state index contributed by atoms with van der Waals surface area (Å²) in [6.07, 6.45) is 2.09. The number of likely N-dealkylation sites (tertiary alicyclic amines) is 1. The van der Waals surface area contributed by atoms with E-state index in [0.29, 0.717) is 64.0 Å². The number of benzene rings is 1. The molecule has 1 saturated heterocycles. The van der Waals surface area contributed by atoms with E-state index in [4.69, 9.17) is 4.74 Å². The molecule has 1 N–H and O–H groups in total. The molecular formula is C23H35N5O5S. The second-order valence-electron chi connectivity index (χ2n) is 8.65. The summed E-state index contributed by atoms with van der Waals surface area (Å²) < 4.78 is 33.1. The fourth-order valence-electron chi connectivity index (χ4n) is 4.26. The van der Waals surface area contributed by atoms with E-state index in [1.54, 1.807) is 25.3 Å². The van der Waals surface area contributed by atoms with Gasteiger partial charge in [0.1, 0.15) is 5.82 Å². The molecule has 1 fully saturated rings. The highest BCUT2D eigenvalue weighted by atomic mass is 32.2. The van der Waals surface area contributed by atoms with E-state index in [1.165, 1.54) is 18.4 Å². The van der Waals surface area contributed by atoms with Gasteiger partial charge in [0.05, 0.1) is 22.5 Å². The Morgan fingerprint density at radius 3 is 2.56 bits per heavy atom. The van der Waals surface area contributed by atoms with Crippen LogP contribution in [0.15, 0.2) is 23.1 Å². The zero-order valence-corrected chi connectivity index (χ0v) is 21.2. The van der Waals surface area contributed by atoms with Crippen molar-refractivity contribution in [3.63, 3.8) is 0 Å². The number of nitrogens with zero attached hydrogens (tertiary/aromatic N) is 4. The summed E-state index contributed by atoms with van der Waals surface area (Å²) in [5, 5.41) is 2.87. The SMILES string of the molecule is CCn1c(CCC(=O)N2CCC(C(=O)NCCOC)CC2)nc2cc(S(=O)(=O)N(C)C)ccc21. The predicted molar refractivity (Wildman–Crippen MR) is 129 cm³/mol. The van der Waals surface area contributed by atoms with Gasteiger partial charge in [0, 0.05) is 66.1 Å². The van der Waals surface area contributed by atoms with Crippen LogP contribution in [0.4, 0.5) is 0 Å². The number of fused-ring (bicyclic) bond motifs is 1. The molecule has 2 heterocycles. The van der Waals surface area contributed by atoms with Crippen molar-refractivity contribution in [2.24, 2.45) is 5.92 Å². The number of nitrogens with one attached hydrogen (secondary N) is 1. The Kier molecular flexibility index (Phi) is 8.67. The molecule has 2 amide bonds. The van der Waals surface area contributed by atoms with Crippen LogP contribution < -0.4 is 5.32 Å². The molecule has 0 unspecified atom stereocenters. The van der Waals surface area contributed by atoms with Crippen molar-refractivity contribution in [1.82, 2.24) is 24.1 Å². The lowest BCUT2D eigenvalue weighted by Crippen LogP contribution is -2.43. The average Bonchev–Trinajstić information content (AvgIpc) is 3.19. The number of ether oxygens (including phenoxy) is 1. The lowest BCUT2D eigenvalue weighted by Gasteiger charge is -2.31. The van der Waals surface area contributed by atoms with Crippen LogP contribution in [0.3, 0.4) is 0 Å². The number of hydrogen-bond acceptors (Lipinski definition) is 6. The Bertz CT molecular complexity index is 1120. The number of carbonyl (C=O) groups excluding carboxylic acids is 2. The molecular weight excluding hydrogens is 458 g/mol. The van der Waals surface area contributed by atoms with Gasteiger partial charge in [0.2, 0.25) is 21.8 Å². The largest absolute Gasteiger partial charge is 0.383 e. The number of sulfonamides is 1. The van der Waals surface area contributed by atoms with Crippen molar-refractivity contribution in [2.45, 2.75) is 44.0 Å². The van der Waals surface area contributed by atoms with Gasteiger partial charge in [-0.05, 0) is 38.0 Å². The van der Waals surface area contributed by atoms with Crippen LogP contribution in [0.25, 0.3) is 11.0 Å². The highest BCUT2D eigenvalue weighted by Crippen LogP contribution is 2.23. The van der Waals surface area contributed by atoms with Gasteiger partial charge in [0.25, 0.3) is 0 Å². The summed E-state index contributed by atoms with van der Waals surface area (Å²) in [7, 11) is 1.04. The van der Waals surface area contributed by atoms with E-state index in [2.05, 4.69) is 10.3 Å². The first-order valence-electron chi connectivity index (χ1n) is 11.6. The number of aromatic nitrogens is 2. The van der Waals surface area contributed by atoms with Gasteiger partial charge in [-0.2, -0.15) is 0 Å². The number of methoxy groups -OCH3 is 1. The third kappa shape index (κ3) is 5.76. The van der Waals surface area contributed by atoms with Crippen molar-refractivity contribution in [1.29, 1.82) is 0 Å². The fraction of sp³-hybridized carbons (Fsp3) is 0.609. The first kappa shape index (κ1) is 26.1. The summed E-state index contributed by atoms with van der Waals surface area (Å²) in [5.41, 5.74) is 1.45. The lowest BCUT2D eigenvalue weighted by atomic mass is 9.95. The monoisotopic (exact) mass is 493 g/mol. The zero-order chi connectivity index (χ0) is 24.9. The van der Waals surface area contributed by atoms with Gasteiger partial charge >= 0.3 is 0 Å². The maximum atomic E-state index is 12.8. The molecule has 1 aliphatic heterocycles. The first-order chi connectivity index (χ1) is 16.2. The van der Waals surface area contributed by atoms with E-state index in [1.807, 2.05) is 16.4 Å². The van der Waals surface area contributed by atoms with E-state index in [9.17, 15) is 18.0 Å². The third-order valence-electron chi connectivity index (χ3n) is 6.28. The molecule has 0 aliphatic carbocycles. The van der Waals surface area contributed by atoms with Crippen molar-refractivity contribution >= 4 is 32.9 Å². The number of amides is 2. The Morgan fingerprint density at radius 2 is 1.94 bits per heavy atom. The minimum absolute atomic E-state index is 0.0245. The Hall–Kier alpha value is -2.50. The van der Waals surface area contributed by atoms with Gasteiger partial charge in [0.15, 0.2) is 0 Å². The second-order valence-corrected chi connectivity index (χ2v) is 10.8. The Morgan fingerprint density at radius 1 is 1.24 bits per heavy atom.